The van der Waals surface area contributed by atoms with E-state index < -0.39 is 0 Å². The molecule has 0 saturated carbocycles. The average Bonchev–Trinajstić information content (AvgIpc) is 2.83. The molecule has 2 heterocycles. The summed E-state index contributed by atoms with van der Waals surface area (Å²) in [5, 5.41) is 3.86. The third-order valence-electron chi connectivity index (χ3n) is 2.57. The molecule has 5 nitrogen and oxygen atoms in total. The van der Waals surface area contributed by atoms with E-state index in [1.165, 1.54) is 18.3 Å². The first-order valence-electron chi connectivity index (χ1n) is 5.23. The van der Waals surface area contributed by atoms with Gasteiger partial charge in [0.05, 0.1) is 0 Å². The Balaban J connectivity index is 2.04. The first-order chi connectivity index (χ1) is 8.10. The van der Waals surface area contributed by atoms with Gasteiger partial charge in [-0.1, -0.05) is 22.9 Å². The first-order valence-corrected chi connectivity index (χ1v) is 6.43. The van der Waals surface area contributed by atoms with Gasteiger partial charge in [-0.2, -0.15) is 0 Å². The lowest BCUT2D eigenvalue weighted by atomic mass is 10.3. The van der Waals surface area contributed by atoms with Crippen molar-refractivity contribution in [3.63, 3.8) is 0 Å². The smallest absolute Gasteiger partial charge is 0.217 e. The Bertz CT molecular complexity index is 449. The number of halogens is 1. The fraction of sp³-hybridized carbons (Fsp3) is 0.500. The Hall–Kier alpha value is -1.14. The van der Waals surface area contributed by atoms with Gasteiger partial charge < -0.3 is 10.2 Å². The number of nitrogens with one attached hydrogen (secondary N) is 1. The Morgan fingerprint density at radius 1 is 1.71 bits per heavy atom. The predicted octanol–water partition coefficient (Wildman–Crippen LogP) is 1.32. The minimum absolute atomic E-state index is 0.0254. The van der Waals surface area contributed by atoms with Crippen LogP contribution < -0.4 is 10.2 Å². The van der Waals surface area contributed by atoms with Gasteiger partial charge in [-0.3, -0.25) is 9.59 Å². The first kappa shape index (κ1) is 12.3. The number of hydrogen-bond donors (Lipinski definition) is 1. The molecule has 1 saturated heterocycles. The average molecular weight is 274 g/mol. The molecule has 92 valence electrons. The summed E-state index contributed by atoms with van der Waals surface area (Å²) in [6, 6.07) is 0.148. The standard InChI is InChI=1S/C10H12ClN3O2S/c1-6(16)12-7-2-3-14(4-7)10-13-9(11)8(5-15)17-10/h5,7H,2-4H2,1H3,(H,12,16). The zero-order valence-corrected chi connectivity index (χ0v) is 10.8. The van der Waals surface area contributed by atoms with Crippen LogP contribution in [0, 0.1) is 0 Å². The molecular weight excluding hydrogens is 262 g/mol. The second-order valence-corrected chi connectivity index (χ2v) is 5.27. The van der Waals surface area contributed by atoms with Gasteiger partial charge in [-0.05, 0) is 6.42 Å². The molecule has 2 rings (SSSR count). The monoisotopic (exact) mass is 273 g/mol. The van der Waals surface area contributed by atoms with Crippen LogP contribution in [0.15, 0.2) is 0 Å². The van der Waals surface area contributed by atoms with Crippen LogP contribution in [0.1, 0.15) is 23.0 Å². The fourth-order valence-electron chi connectivity index (χ4n) is 1.85. The van der Waals surface area contributed by atoms with Crippen LogP contribution in [-0.2, 0) is 4.79 Å². The summed E-state index contributed by atoms with van der Waals surface area (Å²) in [6.45, 7) is 3.03. The topological polar surface area (TPSA) is 62.3 Å². The number of thiazole rings is 1. The van der Waals surface area contributed by atoms with Crippen LogP contribution in [0.2, 0.25) is 5.15 Å². The summed E-state index contributed by atoms with van der Waals surface area (Å²) in [5.74, 6) is -0.0254. The maximum absolute atomic E-state index is 10.9. The van der Waals surface area contributed by atoms with Crippen molar-refractivity contribution in [2.24, 2.45) is 0 Å². The number of hydrogen-bond acceptors (Lipinski definition) is 5. The highest BCUT2D eigenvalue weighted by Gasteiger charge is 2.25. The molecule has 1 unspecified atom stereocenters. The maximum Gasteiger partial charge on any atom is 0.217 e. The Morgan fingerprint density at radius 2 is 2.47 bits per heavy atom. The van der Waals surface area contributed by atoms with Gasteiger partial charge in [-0.25, -0.2) is 4.98 Å². The molecule has 1 N–H and O–H groups in total. The molecule has 1 aromatic rings. The SMILES string of the molecule is CC(=O)NC1CCN(c2nc(Cl)c(C=O)s2)C1. The number of anilines is 1. The van der Waals surface area contributed by atoms with Crippen molar-refractivity contribution in [1.29, 1.82) is 0 Å². The lowest BCUT2D eigenvalue weighted by Gasteiger charge is -2.14. The fourth-order valence-corrected chi connectivity index (χ4v) is 2.95. The number of rotatable bonds is 3. The number of nitrogens with zero attached hydrogens (tertiary/aromatic N) is 2. The largest absolute Gasteiger partial charge is 0.352 e. The van der Waals surface area contributed by atoms with E-state index in [1.54, 1.807) is 0 Å². The van der Waals surface area contributed by atoms with Crippen molar-refractivity contribution in [1.82, 2.24) is 10.3 Å². The molecule has 1 fully saturated rings. The molecular formula is C10H12ClN3O2S. The Labute approximate surface area is 108 Å². The Morgan fingerprint density at radius 3 is 3.06 bits per heavy atom. The van der Waals surface area contributed by atoms with Crippen LogP contribution in [-0.4, -0.2) is 36.3 Å². The van der Waals surface area contributed by atoms with E-state index in [0.29, 0.717) is 17.7 Å². The number of aromatic nitrogens is 1. The van der Waals surface area contributed by atoms with E-state index in [2.05, 4.69) is 10.3 Å². The number of aldehydes is 1. The molecule has 0 bridgehead atoms. The van der Waals surface area contributed by atoms with Crippen LogP contribution in [0.4, 0.5) is 5.13 Å². The van der Waals surface area contributed by atoms with Gasteiger partial charge in [0, 0.05) is 26.1 Å². The van der Waals surface area contributed by atoms with E-state index in [0.717, 1.165) is 18.1 Å². The van der Waals surface area contributed by atoms with E-state index in [9.17, 15) is 9.59 Å². The van der Waals surface area contributed by atoms with Crippen LogP contribution in [0.5, 0.6) is 0 Å². The summed E-state index contributed by atoms with van der Waals surface area (Å²) in [7, 11) is 0. The molecule has 0 aromatic carbocycles. The van der Waals surface area contributed by atoms with E-state index in [4.69, 9.17) is 11.6 Å². The molecule has 1 aliphatic rings. The molecule has 1 amide bonds. The Kier molecular flexibility index (Phi) is 3.63. The van der Waals surface area contributed by atoms with Gasteiger partial charge >= 0.3 is 0 Å². The summed E-state index contributed by atoms with van der Waals surface area (Å²) in [4.78, 5) is 28.2. The lowest BCUT2D eigenvalue weighted by Crippen LogP contribution is -2.35. The van der Waals surface area contributed by atoms with E-state index in [1.807, 2.05) is 4.90 Å². The molecule has 17 heavy (non-hydrogen) atoms. The number of carbonyl (C=O) groups excluding carboxylic acids is 2. The molecule has 1 atom stereocenters. The van der Waals surface area contributed by atoms with Crippen molar-refractivity contribution in [3.8, 4) is 0 Å². The molecule has 0 aliphatic carbocycles. The predicted molar refractivity (Wildman–Crippen MR) is 66.9 cm³/mol. The minimum Gasteiger partial charge on any atom is -0.352 e. The summed E-state index contributed by atoms with van der Waals surface area (Å²) in [6.07, 6.45) is 1.60. The molecule has 7 heteroatoms. The summed E-state index contributed by atoms with van der Waals surface area (Å²) in [5.41, 5.74) is 0. The molecule has 1 aromatic heterocycles. The quantitative estimate of drug-likeness (QED) is 0.844. The number of amides is 1. The van der Waals surface area contributed by atoms with Gasteiger partial charge in [0.25, 0.3) is 0 Å². The summed E-state index contributed by atoms with van der Waals surface area (Å²) < 4.78 is 0. The minimum atomic E-state index is -0.0254. The molecule has 0 radical (unpaired) electrons. The van der Waals surface area contributed by atoms with Crippen molar-refractivity contribution in [3.05, 3.63) is 10.0 Å². The van der Waals surface area contributed by atoms with Crippen molar-refractivity contribution in [2.45, 2.75) is 19.4 Å². The van der Waals surface area contributed by atoms with Gasteiger partial charge in [0.2, 0.25) is 5.91 Å². The second kappa shape index (κ2) is 5.01. The molecule has 1 aliphatic heterocycles. The highest BCUT2D eigenvalue weighted by molar-refractivity contribution is 7.17. The van der Waals surface area contributed by atoms with Gasteiger partial charge in [0.1, 0.15) is 4.88 Å². The zero-order valence-electron chi connectivity index (χ0n) is 9.27. The van der Waals surface area contributed by atoms with Gasteiger partial charge in [0.15, 0.2) is 16.6 Å². The van der Waals surface area contributed by atoms with Crippen molar-refractivity contribution >= 4 is 40.3 Å². The summed E-state index contributed by atoms with van der Waals surface area (Å²) >= 11 is 7.10. The lowest BCUT2D eigenvalue weighted by molar-refractivity contribution is -0.119. The van der Waals surface area contributed by atoms with Gasteiger partial charge in [-0.15, -0.1) is 0 Å². The normalized spacial score (nSPS) is 19.4. The highest BCUT2D eigenvalue weighted by atomic mass is 35.5. The maximum atomic E-state index is 10.9. The highest BCUT2D eigenvalue weighted by Crippen LogP contribution is 2.30. The van der Waals surface area contributed by atoms with E-state index >= 15 is 0 Å². The van der Waals surface area contributed by atoms with Crippen LogP contribution in [0.3, 0.4) is 0 Å². The second-order valence-electron chi connectivity index (χ2n) is 3.90. The third kappa shape index (κ3) is 2.76. The molecule has 0 spiro atoms. The van der Waals surface area contributed by atoms with Crippen LogP contribution in [0.25, 0.3) is 0 Å². The third-order valence-corrected chi connectivity index (χ3v) is 4.01. The van der Waals surface area contributed by atoms with Crippen LogP contribution >= 0.6 is 22.9 Å². The van der Waals surface area contributed by atoms with Crippen molar-refractivity contribution in [2.75, 3.05) is 18.0 Å². The zero-order chi connectivity index (χ0) is 12.4. The number of carbonyl (C=O) groups is 2. The van der Waals surface area contributed by atoms with E-state index in [-0.39, 0.29) is 17.1 Å². The van der Waals surface area contributed by atoms with Crippen molar-refractivity contribution < 1.29 is 9.59 Å².